The van der Waals surface area contributed by atoms with Crippen molar-refractivity contribution in [2.24, 2.45) is 0 Å². The first-order valence-corrected chi connectivity index (χ1v) is 10.5. The van der Waals surface area contributed by atoms with Crippen LogP contribution in [-0.4, -0.2) is 19.2 Å². The van der Waals surface area contributed by atoms with Crippen molar-refractivity contribution in [1.82, 2.24) is 0 Å². The average Bonchev–Trinajstić information content (AvgIpc) is 3.19. The van der Waals surface area contributed by atoms with E-state index in [0.717, 1.165) is 16.7 Å². The van der Waals surface area contributed by atoms with Crippen molar-refractivity contribution in [2.45, 2.75) is 25.6 Å². The van der Waals surface area contributed by atoms with E-state index in [1.807, 2.05) is 97.9 Å². The van der Waals surface area contributed by atoms with Gasteiger partial charge in [0.2, 0.25) is 0 Å². The van der Waals surface area contributed by atoms with Crippen molar-refractivity contribution in [3.8, 4) is 0 Å². The summed E-state index contributed by atoms with van der Waals surface area (Å²) in [6.07, 6.45) is 0.427. The van der Waals surface area contributed by atoms with Gasteiger partial charge < -0.3 is 14.2 Å². The van der Waals surface area contributed by atoms with Crippen molar-refractivity contribution in [3.63, 3.8) is 0 Å². The maximum atomic E-state index is 12.8. The van der Waals surface area contributed by atoms with Gasteiger partial charge in [0.1, 0.15) is 12.4 Å². The van der Waals surface area contributed by atoms with Gasteiger partial charge in [0.05, 0.1) is 18.8 Å². The van der Waals surface area contributed by atoms with Crippen LogP contribution < -0.4 is 0 Å². The lowest BCUT2D eigenvalue weighted by Gasteiger charge is -2.31. The molecular weight excluding hydrogens is 388 g/mol. The first-order chi connectivity index (χ1) is 15.2. The minimum Gasteiger partial charge on any atom is -0.482 e. The molecule has 4 heteroatoms. The van der Waals surface area contributed by atoms with E-state index in [-0.39, 0.29) is 12.6 Å². The Bertz CT molecular complexity index is 987. The molecule has 3 aromatic rings. The van der Waals surface area contributed by atoms with Crippen molar-refractivity contribution >= 4 is 5.97 Å². The normalized spacial score (nSPS) is 14.9. The number of carbonyl (C=O) groups excluding carboxylic acids is 1. The third-order valence-corrected chi connectivity index (χ3v) is 5.48. The van der Waals surface area contributed by atoms with Crippen molar-refractivity contribution in [1.29, 1.82) is 0 Å². The van der Waals surface area contributed by atoms with Gasteiger partial charge in [-0.05, 0) is 12.5 Å². The Labute approximate surface area is 183 Å². The van der Waals surface area contributed by atoms with E-state index in [4.69, 9.17) is 14.2 Å². The average molecular weight is 415 g/mol. The maximum Gasteiger partial charge on any atom is 0.337 e. The molecule has 0 amide bonds. The van der Waals surface area contributed by atoms with E-state index in [0.29, 0.717) is 31.0 Å². The molecular formula is C27H26O4. The molecule has 0 radical (unpaired) electrons. The van der Waals surface area contributed by atoms with Crippen LogP contribution in [0.15, 0.2) is 102 Å². The molecule has 1 aliphatic rings. The summed E-state index contributed by atoms with van der Waals surface area (Å²) in [5, 5.41) is 0. The van der Waals surface area contributed by atoms with Crippen molar-refractivity contribution < 1.29 is 19.0 Å². The van der Waals surface area contributed by atoms with Gasteiger partial charge in [-0.3, -0.25) is 0 Å². The molecule has 0 spiro atoms. The third kappa shape index (κ3) is 4.70. The highest BCUT2D eigenvalue weighted by atomic mass is 16.6. The van der Waals surface area contributed by atoms with Crippen LogP contribution >= 0.6 is 0 Å². The molecule has 0 aliphatic carbocycles. The number of allylic oxidation sites excluding steroid dienone is 1. The number of carbonyl (C=O) groups is 1. The Balaban J connectivity index is 1.41. The molecule has 1 aliphatic heterocycles. The highest BCUT2D eigenvalue weighted by molar-refractivity contribution is 5.90. The van der Waals surface area contributed by atoms with Crippen LogP contribution in [0.1, 0.15) is 30.0 Å². The number of rotatable bonds is 8. The van der Waals surface area contributed by atoms with E-state index in [1.165, 1.54) is 0 Å². The first-order valence-electron chi connectivity index (χ1n) is 10.5. The van der Waals surface area contributed by atoms with E-state index in [1.54, 1.807) is 0 Å². The molecule has 4 nitrogen and oxygen atoms in total. The first kappa shape index (κ1) is 20.9. The van der Waals surface area contributed by atoms with Crippen LogP contribution in [0.25, 0.3) is 0 Å². The minimum atomic E-state index is -0.731. The molecule has 0 bridgehead atoms. The van der Waals surface area contributed by atoms with Gasteiger partial charge in [0.15, 0.2) is 5.60 Å². The smallest absolute Gasteiger partial charge is 0.337 e. The lowest BCUT2D eigenvalue weighted by atomic mass is 9.82. The summed E-state index contributed by atoms with van der Waals surface area (Å²) >= 11 is 0. The van der Waals surface area contributed by atoms with Gasteiger partial charge in [0, 0.05) is 17.5 Å². The van der Waals surface area contributed by atoms with Crippen LogP contribution in [-0.2, 0) is 31.2 Å². The van der Waals surface area contributed by atoms with Crippen molar-refractivity contribution in [2.75, 3.05) is 13.2 Å². The fourth-order valence-corrected chi connectivity index (χ4v) is 3.90. The Morgan fingerprint density at radius 3 is 1.97 bits per heavy atom. The molecule has 0 unspecified atom stereocenters. The Morgan fingerprint density at radius 1 is 0.839 bits per heavy atom. The summed E-state index contributed by atoms with van der Waals surface area (Å²) < 4.78 is 17.5. The third-order valence-electron chi connectivity index (χ3n) is 5.48. The molecule has 158 valence electrons. The summed E-state index contributed by atoms with van der Waals surface area (Å²) in [7, 11) is 0. The van der Waals surface area contributed by atoms with Gasteiger partial charge >= 0.3 is 5.97 Å². The van der Waals surface area contributed by atoms with Gasteiger partial charge in [-0.15, -0.1) is 0 Å². The second-order valence-corrected chi connectivity index (χ2v) is 7.55. The zero-order valence-electron chi connectivity index (χ0n) is 17.6. The summed E-state index contributed by atoms with van der Waals surface area (Å²) in [6.45, 7) is 2.87. The maximum absolute atomic E-state index is 12.8. The molecule has 0 N–H and O–H groups in total. The lowest BCUT2D eigenvalue weighted by Crippen LogP contribution is -2.28. The van der Waals surface area contributed by atoms with Crippen molar-refractivity contribution in [3.05, 3.63) is 119 Å². The molecule has 1 heterocycles. The molecule has 0 aromatic heterocycles. The Kier molecular flexibility index (Phi) is 6.48. The molecule has 0 saturated heterocycles. The molecule has 0 saturated carbocycles. The molecule has 31 heavy (non-hydrogen) atoms. The van der Waals surface area contributed by atoms with Gasteiger partial charge in [0.25, 0.3) is 0 Å². The van der Waals surface area contributed by atoms with Crippen LogP contribution in [0, 0.1) is 0 Å². The molecule has 3 aromatic carbocycles. The second kappa shape index (κ2) is 9.63. The highest BCUT2D eigenvalue weighted by Crippen LogP contribution is 2.46. The predicted octanol–water partition coefficient (Wildman–Crippen LogP) is 5.38. The van der Waals surface area contributed by atoms with E-state index < -0.39 is 5.60 Å². The lowest BCUT2D eigenvalue weighted by molar-refractivity contribution is -0.140. The van der Waals surface area contributed by atoms with E-state index >= 15 is 0 Å². The summed E-state index contributed by atoms with van der Waals surface area (Å²) in [4.78, 5) is 12.8. The number of benzene rings is 3. The van der Waals surface area contributed by atoms with Gasteiger partial charge in [-0.25, -0.2) is 4.79 Å². The monoisotopic (exact) mass is 414 g/mol. The van der Waals surface area contributed by atoms with E-state index in [2.05, 4.69) is 0 Å². The van der Waals surface area contributed by atoms with Crippen LogP contribution in [0.3, 0.4) is 0 Å². The van der Waals surface area contributed by atoms with Crippen LogP contribution in [0.5, 0.6) is 0 Å². The minimum absolute atomic E-state index is 0.201. The predicted molar refractivity (Wildman–Crippen MR) is 119 cm³/mol. The van der Waals surface area contributed by atoms with Crippen LogP contribution in [0.2, 0.25) is 0 Å². The fourth-order valence-electron chi connectivity index (χ4n) is 3.90. The second-order valence-electron chi connectivity index (χ2n) is 7.55. The molecule has 0 atom stereocenters. The highest BCUT2D eigenvalue weighted by Gasteiger charge is 2.45. The summed E-state index contributed by atoms with van der Waals surface area (Å²) in [5.74, 6) is 0.248. The fraction of sp³-hybridized carbons (Fsp3) is 0.222. The number of hydrogen-bond acceptors (Lipinski definition) is 4. The zero-order chi connectivity index (χ0) is 21.5. The zero-order valence-corrected chi connectivity index (χ0v) is 17.6. The Hall–Kier alpha value is -3.37. The van der Waals surface area contributed by atoms with Gasteiger partial charge in [-0.1, -0.05) is 91.0 Å². The standard InChI is InChI=1S/C27H26O4/c1-21-25(26(28)30-18-17-29-20-22-11-5-2-6-12-22)19-27(31-21,23-13-7-3-8-14-23)24-15-9-4-10-16-24/h2-16H,17-20H2,1H3. The number of hydrogen-bond donors (Lipinski definition) is 0. The molecule has 4 rings (SSSR count). The largest absolute Gasteiger partial charge is 0.482 e. The van der Waals surface area contributed by atoms with Gasteiger partial charge in [-0.2, -0.15) is 0 Å². The molecule has 0 fully saturated rings. The SMILES string of the molecule is CC1=C(C(=O)OCCOCc2ccccc2)CC(c2ccccc2)(c2ccccc2)O1. The van der Waals surface area contributed by atoms with E-state index in [9.17, 15) is 4.79 Å². The van der Waals surface area contributed by atoms with Crippen LogP contribution in [0.4, 0.5) is 0 Å². The quantitative estimate of drug-likeness (QED) is 0.366. The number of ether oxygens (including phenoxy) is 3. The Morgan fingerprint density at radius 2 is 1.39 bits per heavy atom. The summed E-state index contributed by atoms with van der Waals surface area (Å²) in [6, 6.07) is 29.9. The topological polar surface area (TPSA) is 44.8 Å². The number of esters is 1. The summed E-state index contributed by atoms with van der Waals surface area (Å²) in [5.41, 5.74) is 2.94.